The minimum atomic E-state index is 0.332. The summed E-state index contributed by atoms with van der Waals surface area (Å²) in [6, 6.07) is 6.58. The lowest BCUT2D eigenvalue weighted by Crippen LogP contribution is -2.37. The van der Waals surface area contributed by atoms with Crippen LogP contribution in [0, 0.1) is 6.92 Å². The van der Waals surface area contributed by atoms with Gasteiger partial charge in [-0.15, -0.1) is 0 Å². The van der Waals surface area contributed by atoms with E-state index in [1.54, 1.807) is 0 Å². The molecule has 2 rings (SSSR count). The number of phenols is 1. The fourth-order valence-electron chi connectivity index (χ4n) is 2.25. The monoisotopic (exact) mass is 244 g/mol. The van der Waals surface area contributed by atoms with E-state index >= 15 is 0 Å². The van der Waals surface area contributed by atoms with Gasteiger partial charge in [0.05, 0.1) is 5.39 Å². The molecule has 0 aliphatic heterocycles. The van der Waals surface area contributed by atoms with Crippen LogP contribution in [0.1, 0.15) is 50.8 Å². The van der Waals surface area contributed by atoms with Crippen molar-refractivity contribution in [3.63, 3.8) is 0 Å². The maximum atomic E-state index is 10.3. The van der Waals surface area contributed by atoms with Crippen molar-refractivity contribution in [2.75, 3.05) is 0 Å². The Morgan fingerprint density at radius 2 is 1.78 bits per heavy atom. The molecule has 0 aliphatic rings. The van der Waals surface area contributed by atoms with Crippen LogP contribution >= 0.6 is 0 Å². The number of nitrogens with zero attached hydrogens (tertiary/aromatic N) is 1. The van der Waals surface area contributed by atoms with Gasteiger partial charge < -0.3 is 5.11 Å². The van der Waals surface area contributed by atoms with Crippen LogP contribution in [-0.2, 0) is 0 Å². The zero-order valence-electron chi connectivity index (χ0n) is 11.9. The van der Waals surface area contributed by atoms with Crippen LogP contribution in [0.4, 0.5) is 0 Å². The Labute approximate surface area is 109 Å². The molecule has 0 radical (unpaired) electrons. The van der Waals surface area contributed by atoms with Gasteiger partial charge in [-0.05, 0) is 44.4 Å². The summed E-state index contributed by atoms with van der Waals surface area (Å²) >= 11 is 0. The van der Waals surface area contributed by atoms with Gasteiger partial charge in [0.1, 0.15) is 0 Å². The van der Waals surface area contributed by atoms with Crippen LogP contribution < -0.4 is 4.57 Å². The number of aryl methyl sites for hydroxylation is 1. The van der Waals surface area contributed by atoms with Gasteiger partial charge >= 0.3 is 0 Å². The molecule has 2 aromatic rings. The lowest BCUT2D eigenvalue weighted by Gasteiger charge is -2.11. The van der Waals surface area contributed by atoms with Gasteiger partial charge in [0, 0.05) is 5.56 Å². The molecule has 2 nitrogen and oxygen atoms in total. The highest BCUT2D eigenvalue weighted by atomic mass is 16.3. The molecule has 0 fully saturated rings. The Kier molecular flexibility index (Phi) is 3.29. The number of fused-ring (bicyclic) bond motifs is 1. The summed E-state index contributed by atoms with van der Waals surface area (Å²) in [6.45, 7) is 10.6. The van der Waals surface area contributed by atoms with Crippen molar-refractivity contribution in [2.24, 2.45) is 0 Å². The number of pyridine rings is 1. The molecule has 0 aliphatic carbocycles. The number of benzene rings is 1. The first kappa shape index (κ1) is 12.9. The van der Waals surface area contributed by atoms with Gasteiger partial charge in [-0.2, -0.15) is 4.57 Å². The van der Waals surface area contributed by atoms with Crippen LogP contribution in [-0.4, -0.2) is 5.11 Å². The molecule has 0 saturated carbocycles. The molecule has 1 N–H and O–H groups in total. The SMILES string of the molecule is Cc1ccc2cc(C(C)C)c[n+](C(C)C)c2c1O. The third kappa shape index (κ3) is 2.07. The van der Waals surface area contributed by atoms with E-state index in [1.807, 2.05) is 13.0 Å². The quantitative estimate of drug-likeness (QED) is 0.797. The molecule has 0 spiro atoms. The molecule has 0 saturated heterocycles. The fraction of sp³-hybridized carbons (Fsp3) is 0.438. The van der Waals surface area contributed by atoms with E-state index in [2.05, 4.69) is 50.6 Å². The van der Waals surface area contributed by atoms with Crippen LogP contribution in [0.5, 0.6) is 5.75 Å². The summed E-state index contributed by atoms with van der Waals surface area (Å²) in [5, 5.41) is 11.4. The first-order valence-electron chi connectivity index (χ1n) is 6.59. The van der Waals surface area contributed by atoms with Gasteiger partial charge in [-0.3, -0.25) is 0 Å². The number of aromatic nitrogens is 1. The summed E-state index contributed by atoms with van der Waals surface area (Å²) < 4.78 is 2.17. The van der Waals surface area contributed by atoms with E-state index in [-0.39, 0.29) is 0 Å². The number of rotatable bonds is 2. The third-order valence-electron chi connectivity index (χ3n) is 3.48. The van der Waals surface area contributed by atoms with E-state index < -0.39 is 0 Å². The zero-order chi connectivity index (χ0) is 13.4. The van der Waals surface area contributed by atoms with Gasteiger partial charge in [0.2, 0.25) is 0 Å². The molecule has 0 amide bonds. The highest BCUT2D eigenvalue weighted by Crippen LogP contribution is 2.28. The second-order valence-electron chi connectivity index (χ2n) is 5.60. The molecule has 0 atom stereocenters. The first-order valence-corrected chi connectivity index (χ1v) is 6.59. The molecule has 2 heteroatoms. The molecule has 0 bridgehead atoms. The average molecular weight is 244 g/mol. The summed E-state index contributed by atoms with van der Waals surface area (Å²) in [5.74, 6) is 0.888. The normalized spacial score (nSPS) is 11.7. The van der Waals surface area contributed by atoms with Crippen molar-refractivity contribution >= 4 is 10.9 Å². The van der Waals surface area contributed by atoms with Gasteiger partial charge in [-0.1, -0.05) is 19.9 Å². The van der Waals surface area contributed by atoms with Crippen molar-refractivity contribution < 1.29 is 9.67 Å². The Morgan fingerprint density at radius 1 is 1.11 bits per heavy atom. The topological polar surface area (TPSA) is 24.1 Å². The van der Waals surface area contributed by atoms with E-state index in [9.17, 15) is 5.11 Å². The summed E-state index contributed by atoms with van der Waals surface area (Å²) in [4.78, 5) is 0. The Balaban J connectivity index is 2.86. The summed E-state index contributed by atoms with van der Waals surface area (Å²) in [7, 11) is 0. The zero-order valence-corrected chi connectivity index (χ0v) is 11.9. The van der Waals surface area contributed by atoms with Gasteiger partial charge in [0.25, 0.3) is 5.52 Å². The molecular formula is C16H22NO+. The molecule has 0 unspecified atom stereocenters. The van der Waals surface area contributed by atoms with E-state index in [0.29, 0.717) is 17.7 Å². The number of phenolic OH excluding ortho intramolecular Hbond substituents is 1. The smallest absolute Gasteiger partial charge is 0.255 e. The Hall–Kier alpha value is -1.57. The standard InChI is InChI=1S/C16H21NO/c1-10(2)14-8-13-7-6-12(5)16(18)15(13)17(9-14)11(3)4/h6-11H,1-5H3/p+1. The van der Waals surface area contributed by atoms with E-state index in [1.165, 1.54) is 5.56 Å². The van der Waals surface area contributed by atoms with Crippen molar-refractivity contribution in [1.29, 1.82) is 0 Å². The van der Waals surface area contributed by atoms with E-state index in [4.69, 9.17) is 0 Å². The molecule has 18 heavy (non-hydrogen) atoms. The van der Waals surface area contributed by atoms with Crippen molar-refractivity contribution in [2.45, 2.75) is 46.6 Å². The molecule has 1 aromatic heterocycles. The third-order valence-corrected chi connectivity index (χ3v) is 3.48. The lowest BCUT2D eigenvalue weighted by molar-refractivity contribution is -0.692. The predicted octanol–water partition coefficient (Wildman–Crippen LogP) is 3.85. The van der Waals surface area contributed by atoms with Crippen LogP contribution in [0.15, 0.2) is 24.4 Å². The number of aromatic hydroxyl groups is 1. The molecule has 96 valence electrons. The van der Waals surface area contributed by atoms with Crippen LogP contribution in [0.3, 0.4) is 0 Å². The van der Waals surface area contributed by atoms with Crippen molar-refractivity contribution in [3.05, 3.63) is 35.5 Å². The Bertz CT molecular complexity index is 585. The lowest BCUT2D eigenvalue weighted by atomic mass is 10.0. The predicted molar refractivity (Wildman–Crippen MR) is 75.0 cm³/mol. The second-order valence-corrected chi connectivity index (χ2v) is 5.60. The summed E-state index contributed by atoms with van der Waals surface area (Å²) in [5.41, 5.74) is 3.17. The van der Waals surface area contributed by atoms with Crippen molar-refractivity contribution in [1.82, 2.24) is 0 Å². The minimum Gasteiger partial charge on any atom is -0.502 e. The van der Waals surface area contributed by atoms with Crippen LogP contribution in [0.25, 0.3) is 10.9 Å². The maximum absolute atomic E-state index is 10.3. The largest absolute Gasteiger partial charge is 0.502 e. The van der Waals surface area contributed by atoms with Gasteiger partial charge in [-0.25, -0.2) is 0 Å². The highest BCUT2D eigenvalue weighted by Gasteiger charge is 2.20. The molecule has 1 aromatic carbocycles. The number of hydrogen-bond donors (Lipinski definition) is 1. The molecule has 1 heterocycles. The first-order chi connectivity index (χ1) is 8.41. The maximum Gasteiger partial charge on any atom is 0.255 e. The fourth-order valence-corrected chi connectivity index (χ4v) is 2.25. The summed E-state index contributed by atoms with van der Waals surface area (Å²) in [6.07, 6.45) is 2.16. The Morgan fingerprint density at radius 3 is 2.33 bits per heavy atom. The van der Waals surface area contributed by atoms with Gasteiger partial charge in [0.15, 0.2) is 18.0 Å². The minimum absolute atomic E-state index is 0.332. The number of hydrogen-bond acceptors (Lipinski definition) is 1. The molecular weight excluding hydrogens is 222 g/mol. The van der Waals surface area contributed by atoms with Crippen LogP contribution in [0.2, 0.25) is 0 Å². The van der Waals surface area contributed by atoms with Crippen molar-refractivity contribution in [3.8, 4) is 5.75 Å². The van der Waals surface area contributed by atoms with E-state index in [0.717, 1.165) is 16.5 Å². The average Bonchev–Trinajstić information content (AvgIpc) is 2.32. The second kappa shape index (κ2) is 4.60. The highest BCUT2D eigenvalue weighted by molar-refractivity contribution is 5.83.